The van der Waals surface area contributed by atoms with Crippen LogP contribution < -0.4 is 15.6 Å². The highest BCUT2D eigenvalue weighted by Crippen LogP contribution is 2.43. The molecule has 1 aliphatic heterocycles. The van der Waals surface area contributed by atoms with Crippen LogP contribution >= 0.6 is 0 Å². The van der Waals surface area contributed by atoms with Gasteiger partial charge in [0.2, 0.25) is 5.91 Å². The zero-order valence-electron chi connectivity index (χ0n) is 17.8. The topological polar surface area (TPSA) is 91.4 Å². The molecule has 3 N–H and O–H groups in total. The lowest BCUT2D eigenvalue weighted by Gasteiger charge is -2.34. The maximum Gasteiger partial charge on any atom is 0.416 e. The zero-order valence-corrected chi connectivity index (χ0v) is 17.8. The van der Waals surface area contributed by atoms with Gasteiger partial charge in [-0.1, -0.05) is 12.1 Å². The number of hydrogen-bond donors (Lipinski definition) is 3. The van der Waals surface area contributed by atoms with Crippen molar-refractivity contribution in [2.24, 2.45) is 0 Å². The third-order valence-electron chi connectivity index (χ3n) is 5.32. The van der Waals surface area contributed by atoms with Gasteiger partial charge in [-0.25, -0.2) is 0 Å². The Morgan fingerprint density at radius 1 is 1.21 bits per heavy atom. The number of aromatic nitrogens is 1. The number of rotatable bonds is 3. The molecule has 33 heavy (non-hydrogen) atoms. The fourth-order valence-electron chi connectivity index (χ4n) is 3.84. The maximum absolute atomic E-state index is 13.1. The summed E-state index contributed by atoms with van der Waals surface area (Å²) in [4.78, 5) is 27.3. The largest absolute Gasteiger partial charge is 0.487 e. The molecular formula is C24H21F3N2O4. The van der Waals surface area contributed by atoms with E-state index in [4.69, 9.17) is 4.74 Å². The van der Waals surface area contributed by atoms with Crippen LogP contribution in [0.2, 0.25) is 0 Å². The molecule has 0 saturated carbocycles. The summed E-state index contributed by atoms with van der Waals surface area (Å²) >= 11 is 0. The number of aromatic amines is 1. The molecule has 4 rings (SSSR count). The number of amides is 1. The molecule has 0 radical (unpaired) electrons. The first-order valence-electron chi connectivity index (χ1n) is 10.1. The predicted octanol–water partition coefficient (Wildman–Crippen LogP) is 4.62. The lowest BCUT2D eigenvalue weighted by atomic mass is 9.88. The number of benzene rings is 2. The molecular weight excluding hydrogens is 437 g/mol. The van der Waals surface area contributed by atoms with Crippen molar-refractivity contribution in [3.8, 4) is 5.75 Å². The van der Waals surface area contributed by atoms with Gasteiger partial charge in [0, 0.05) is 29.3 Å². The number of anilines is 1. The van der Waals surface area contributed by atoms with E-state index in [2.05, 4.69) is 10.3 Å². The van der Waals surface area contributed by atoms with Gasteiger partial charge < -0.3 is 20.1 Å². The molecule has 0 bridgehead atoms. The summed E-state index contributed by atoms with van der Waals surface area (Å²) in [6.07, 6.45) is -2.83. The Labute approximate surface area is 186 Å². The Morgan fingerprint density at radius 2 is 1.97 bits per heavy atom. The number of carbonyl (C=O) groups excluding carboxylic acids is 1. The van der Waals surface area contributed by atoms with Crippen molar-refractivity contribution < 1.29 is 27.8 Å². The first kappa shape index (κ1) is 22.6. The van der Waals surface area contributed by atoms with E-state index in [0.29, 0.717) is 34.1 Å². The van der Waals surface area contributed by atoms with Gasteiger partial charge in [-0.05, 0) is 55.1 Å². The number of halogens is 3. The average Bonchev–Trinajstić information content (AvgIpc) is 2.71. The van der Waals surface area contributed by atoms with Gasteiger partial charge in [0.1, 0.15) is 11.4 Å². The summed E-state index contributed by atoms with van der Waals surface area (Å²) in [5.74, 6) is -0.398. The Kier molecular flexibility index (Phi) is 5.53. The normalized spacial score (nSPS) is 16.4. The Hall–Kier alpha value is -3.59. The van der Waals surface area contributed by atoms with Crippen LogP contribution in [0.1, 0.15) is 37.0 Å². The van der Waals surface area contributed by atoms with Crippen LogP contribution in [0, 0.1) is 0 Å². The van der Waals surface area contributed by atoms with Crippen LogP contribution in [-0.2, 0) is 17.6 Å². The molecule has 1 aromatic heterocycles. The molecule has 9 heteroatoms. The standard InChI is InChI=1S/C24H21F3N2O4/c1-23(2)11-14(18-6-4-16(24(25,26)27)9-20(18)33-23)8-21(31)28-17-5-3-13-7-15(12-30)22(32)29-19(13)10-17/h3-10,30H,11-12H2,1-2H3,(H,28,31)(H,29,32)/b14-8+. The lowest BCUT2D eigenvalue weighted by molar-refractivity contribution is -0.137. The molecule has 0 fully saturated rings. The van der Waals surface area contributed by atoms with Crippen molar-refractivity contribution in [3.63, 3.8) is 0 Å². The molecule has 2 aromatic carbocycles. The molecule has 6 nitrogen and oxygen atoms in total. The van der Waals surface area contributed by atoms with Crippen LogP contribution in [0.3, 0.4) is 0 Å². The second-order valence-electron chi connectivity index (χ2n) is 8.49. The number of aliphatic hydroxyl groups excluding tert-OH is 1. The summed E-state index contributed by atoms with van der Waals surface area (Å²) in [5.41, 5.74) is 0.0863. The van der Waals surface area contributed by atoms with Crippen LogP contribution in [0.15, 0.2) is 53.3 Å². The number of carbonyl (C=O) groups is 1. The minimum absolute atomic E-state index is 0.0723. The highest BCUT2D eigenvalue weighted by Gasteiger charge is 2.35. The van der Waals surface area contributed by atoms with Gasteiger partial charge in [0.25, 0.3) is 5.56 Å². The molecule has 0 aliphatic carbocycles. The smallest absolute Gasteiger partial charge is 0.416 e. The lowest BCUT2D eigenvalue weighted by Crippen LogP contribution is -2.32. The van der Waals surface area contributed by atoms with Crippen molar-refractivity contribution >= 4 is 28.1 Å². The van der Waals surface area contributed by atoms with E-state index >= 15 is 0 Å². The van der Waals surface area contributed by atoms with Crippen LogP contribution in [-0.4, -0.2) is 21.6 Å². The Balaban J connectivity index is 1.64. The molecule has 0 saturated heterocycles. The number of pyridine rings is 1. The van der Waals surface area contributed by atoms with Gasteiger partial charge in [0.05, 0.1) is 17.7 Å². The number of fused-ring (bicyclic) bond motifs is 2. The van der Waals surface area contributed by atoms with E-state index in [1.165, 1.54) is 12.1 Å². The summed E-state index contributed by atoms with van der Waals surface area (Å²) in [6.45, 7) is 3.09. The van der Waals surface area contributed by atoms with E-state index in [0.717, 1.165) is 12.1 Å². The molecule has 1 aliphatic rings. The third-order valence-corrected chi connectivity index (χ3v) is 5.32. The number of alkyl halides is 3. The van der Waals surface area contributed by atoms with Crippen molar-refractivity contribution in [2.45, 2.75) is 38.7 Å². The highest BCUT2D eigenvalue weighted by molar-refractivity contribution is 6.05. The van der Waals surface area contributed by atoms with E-state index in [1.807, 2.05) is 0 Å². The SMILES string of the molecule is CC1(C)C/C(=C\C(=O)Nc2ccc3cc(CO)c(=O)[nH]c3c2)c2ccc(C(F)(F)F)cc2O1. The summed E-state index contributed by atoms with van der Waals surface area (Å²) < 4.78 is 45.1. The minimum Gasteiger partial charge on any atom is -0.487 e. The van der Waals surface area contributed by atoms with Crippen molar-refractivity contribution in [1.29, 1.82) is 0 Å². The second kappa shape index (κ2) is 8.08. The molecule has 0 unspecified atom stereocenters. The number of ether oxygens (including phenoxy) is 1. The monoisotopic (exact) mass is 458 g/mol. The van der Waals surface area contributed by atoms with Gasteiger partial charge in [0.15, 0.2) is 0 Å². The zero-order chi connectivity index (χ0) is 24.0. The van der Waals surface area contributed by atoms with Crippen LogP contribution in [0.5, 0.6) is 5.75 Å². The quantitative estimate of drug-likeness (QED) is 0.500. The fourth-order valence-corrected chi connectivity index (χ4v) is 3.84. The number of aliphatic hydroxyl groups is 1. The van der Waals surface area contributed by atoms with E-state index in [9.17, 15) is 27.9 Å². The summed E-state index contributed by atoms with van der Waals surface area (Å²) in [5, 5.41) is 12.6. The van der Waals surface area contributed by atoms with Crippen LogP contribution in [0.25, 0.3) is 16.5 Å². The molecule has 3 aromatic rings. The van der Waals surface area contributed by atoms with Crippen molar-refractivity contribution in [1.82, 2.24) is 4.98 Å². The molecule has 172 valence electrons. The molecule has 0 spiro atoms. The van der Waals surface area contributed by atoms with Gasteiger partial charge in [-0.15, -0.1) is 0 Å². The van der Waals surface area contributed by atoms with Gasteiger partial charge >= 0.3 is 6.18 Å². The average molecular weight is 458 g/mol. The van der Waals surface area contributed by atoms with E-state index < -0.39 is 28.8 Å². The predicted molar refractivity (Wildman–Crippen MR) is 118 cm³/mol. The van der Waals surface area contributed by atoms with Gasteiger partial charge in [-0.3, -0.25) is 9.59 Å². The Bertz CT molecular complexity index is 1340. The maximum atomic E-state index is 13.1. The van der Waals surface area contributed by atoms with Crippen molar-refractivity contribution in [2.75, 3.05) is 5.32 Å². The first-order valence-corrected chi connectivity index (χ1v) is 10.1. The van der Waals surface area contributed by atoms with Crippen molar-refractivity contribution in [3.05, 3.63) is 75.6 Å². The fraction of sp³-hybridized carbons (Fsp3) is 0.250. The number of H-pyrrole nitrogens is 1. The Morgan fingerprint density at radius 3 is 2.67 bits per heavy atom. The van der Waals surface area contributed by atoms with E-state index in [-0.39, 0.29) is 17.9 Å². The second-order valence-corrected chi connectivity index (χ2v) is 8.49. The van der Waals surface area contributed by atoms with Crippen LogP contribution in [0.4, 0.5) is 18.9 Å². The number of nitrogens with one attached hydrogen (secondary N) is 2. The molecule has 0 atom stereocenters. The highest BCUT2D eigenvalue weighted by atomic mass is 19.4. The molecule has 2 heterocycles. The first-order chi connectivity index (χ1) is 15.4. The number of hydrogen-bond acceptors (Lipinski definition) is 4. The van der Waals surface area contributed by atoms with Gasteiger partial charge in [-0.2, -0.15) is 13.2 Å². The summed E-state index contributed by atoms with van der Waals surface area (Å²) in [7, 11) is 0. The van der Waals surface area contributed by atoms with E-state index in [1.54, 1.807) is 38.1 Å². The third kappa shape index (κ3) is 4.78. The summed E-state index contributed by atoms with van der Waals surface area (Å²) in [6, 6.07) is 9.72. The molecule has 1 amide bonds. The minimum atomic E-state index is -4.50.